The largest absolute Gasteiger partial charge is 0.383 e. The Morgan fingerprint density at radius 1 is 1.10 bits per heavy atom. The zero-order chi connectivity index (χ0) is 15.0. The maximum absolute atomic E-state index is 5.35. The third-order valence-corrected chi connectivity index (χ3v) is 2.61. The smallest absolute Gasteiger partial charge is 0.243 e. The highest BCUT2D eigenvalue weighted by Gasteiger charge is 2.07. The van der Waals surface area contributed by atoms with Crippen molar-refractivity contribution in [1.29, 1.82) is 0 Å². The summed E-state index contributed by atoms with van der Waals surface area (Å²) in [6.45, 7) is 3.18. The van der Waals surface area contributed by atoms with Crippen molar-refractivity contribution in [2.75, 3.05) is 70.1 Å². The van der Waals surface area contributed by atoms with Gasteiger partial charge in [0.2, 0.25) is 17.8 Å². The lowest BCUT2D eigenvalue weighted by Crippen LogP contribution is -2.29. The Labute approximate surface area is 119 Å². The zero-order valence-electron chi connectivity index (χ0n) is 12.6. The third kappa shape index (κ3) is 5.51. The molecule has 0 fully saturated rings. The Balaban J connectivity index is 2.52. The van der Waals surface area contributed by atoms with Gasteiger partial charge < -0.3 is 19.9 Å². The molecule has 114 valence electrons. The van der Waals surface area contributed by atoms with E-state index in [0.717, 1.165) is 19.6 Å². The number of hydrogen-bond acceptors (Lipinski definition) is 9. The van der Waals surface area contributed by atoms with Crippen LogP contribution in [0, 0.1) is 0 Å². The quantitative estimate of drug-likeness (QED) is 0.397. The zero-order valence-corrected chi connectivity index (χ0v) is 12.6. The lowest BCUT2D eigenvalue weighted by atomic mass is 10.5. The molecule has 1 rings (SSSR count). The summed E-state index contributed by atoms with van der Waals surface area (Å²) in [4.78, 5) is 16.5. The summed E-state index contributed by atoms with van der Waals surface area (Å²) >= 11 is 0. The van der Waals surface area contributed by atoms with Crippen LogP contribution in [0.1, 0.15) is 0 Å². The highest BCUT2D eigenvalue weighted by Crippen LogP contribution is 2.10. The Morgan fingerprint density at radius 2 is 1.80 bits per heavy atom. The van der Waals surface area contributed by atoms with E-state index in [-0.39, 0.29) is 0 Å². The number of nitrogens with one attached hydrogen (secondary N) is 2. The summed E-state index contributed by atoms with van der Waals surface area (Å²) in [5, 5.41) is 3.16. The molecule has 0 aliphatic rings. The molecular weight excluding hydrogens is 260 g/mol. The predicted octanol–water partition coefficient (Wildman–Crippen LogP) is -0.787. The fraction of sp³-hybridized carbons (Fsp3) is 0.727. The Kier molecular flexibility index (Phi) is 6.91. The van der Waals surface area contributed by atoms with Crippen molar-refractivity contribution in [2.24, 2.45) is 5.84 Å². The van der Waals surface area contributed by atoms with E-state index in [1.165, 1.54) is 0 Å². The number of rotatable bonds is 9. The van der Waals surface area contributed by atoms with Crippen molar-refractivity contribution in [2.45, 2.75) is 0 Å². The van der Waals surface area contributed by atoms with Crippen LogP contribution >= 0.6 is 0 Å². The van der Waals surface area contributed by atoms with Gasteiger partial charge in [-0.15, -0.1) is 0 Å². The Morgan fingerprint density at radius 3 is 2.40 bits per heavy atom. The number of nitrogens with two attached hydrogens (primary N) is 1. The lowest BCUT2D eigenvalue weighted by Gasteiger charge is -2.17. The van der Waals surface area contributed by atoms with E-state index >= 15 is 0 Å². The average molecular weight is 284 g/mol. The van der Waals surface area contributed by atoms with Crippen molar-refractivity contribution < 1.29 is 4.74 Å². The molecule has 9 heteroatoms. The summed E-state index contributed by atoms with van der Waals surface area (Å²) in [7, 11) is 7.45. The molecule has 0 spiro atoms. The van der Waals surface area contributed by atoms with Crippen LogP contribution in [0.5, 0.6) is 0 Å². The molecule has 0 atom stereocenters. The highest BCUT2D eigenvalue weighted by atomic mass is 16.5. The molecule has 0 unspecified atom stereocenters. The van der Waals surface area contributed by atoms with E-state index in [0.29, 0.717) is 24.5 Å². The van der Waals surface area contributed by atoms with Gasteiger partial charge in [0, 0.05) is 40.8 Å². The van der Waals surface area contributed by atoms with Gasteiger partial charge in [-0.3, -0.25) is 5.43 Å². The van der Waals surface area contributed by atoms with Gasteiger partial charge in [-0.1, -0.05) is 0 Å². The summed E-state index contributed by atoms with van der Waals surface area (Å²) in [6.07, 6.45) is 0. The molecule has 0 bridgehead atoms. The lowest BCUT2D eigenvalue weighted by molar-refractivity contribution is 0.163. The normalized spacial score (nSPS) is 10.7. The van der Waals surface area contributed by atoms with Crippen LogP contribution in [0.2, 0.25) is 0 Å². The molecule has 0 aromatic carbocycles. The number of likely N-dealkylation sites (N-methyl/N-ethyl adjacent to an activating group) is 1. The van der Waals surface area contributed by atoms with Gasteiger partial charge in [0.05, 0.1) is 6.61 Å². The van der Waals surface area contributed by atoms with E-state index in [2.05, 4.69) is 30.6 Å². The van der Waals surface area contributed by atoms with Gasteiger partial charge in [0.15, 0.2) is 0 Å². The molecule has 0 saturated heterocycles. The van der Waals surface area contributed by atoms with E-state index < -0.39 is 0 Å². The summed E-state index contributed by atoms with van der Waals surface area (Å²) in [6, 6.07) is 0. The molecule has 4 N–H and O–H groups in total. The van der Waals surface area contributed by atoms with Gasteiger partial charge in [-0.05, 0) is 7.05 Å². The van der Waals surface area contributed by atoms with Crippen LogP contribution in [0.25, 0.3) is 0 Å². The number of nitrogens with zero attached hydrogens (tertiary/aromatic N) is 5. The fourth-order valence-corrected chi connectivity index (χ4v) is 1.43. The highest BCUT2D eigenvalue weighted by molar-refractivity contribution is 5.42. The molecule has 9 nitrogen and oxygen atoms in total. The first-order valence-corrected chi connectivity index (χ1v) is 6.38. The second kappa shape index (κ2) is 8.46. The molecule has 0 radical (unpaired) electrons. The average Bonchev–Trinajstić information content (AvgIpc) is 2.44. The van der Waals surface area contributed by atoms with E-state index in [9.17, 15) is 0 Å². The van der Waals surface area contributed by atoms with Crippen LogP contribution in [0.15, 0.2) is 0 Å². The molecule has 0 aliphatic carbocycles. The van der Waals surface area contributed by atoms with Crippen molar-refractivity contribution in [1.82, 2.24) is 19.9 Å². The standard InChI is InChI=1S/C11H24N8O/c1-18(2)11-15-9(14-10(16-11)17-12)13-5-6-19(3)7-8-20-4/h5-8,12H2,1-4H3,(H2,13,14,15,16,17). The van der Waals surface area contributed by atoms with Crippen molar-refractivity contribution in [3.05, 3.63) is 0 Å². The van der Waals surface area contributed by atoms with Gasteiger partial charge in [-0.2, -0.15) is 15.0 Å². The first kappa shape index (κ1) is 16.3. The predicted molar refractivity (Wildman–Crippen MR) is 79.8 cm³/mol. The van der Waals surface area contributed by atoms with Crippen LogP contribution in [-0.2, 0) is 4.74 Å². The minimum atomic E-state index is 0.332. The van der Waals surface area contributed by atoms with Crippen molar-refractivity contribution in [3.63, 3.8) is 0 Å². The van der Waals surface area contributed by atoms with Crippen LogP contribution in [0.4, 0.5) is 17.8 Å². The van der Waals surface area contributed by atoms with E-state index in [4.69, 9.17) is 10.6 Å². The SMILES string of the molecule is COCCN(C)CCNc1nc(NN)nc(N(C)C)n1. The molecule has 20 heavy (non-hydrogen) atoms. The van der Waals surface area contributed by atoms with Crippen LogP contribution < -0.4 is 21.5 Å². The maximum Gasteiger partial charge on any atom is 0.243 e. The minimum Gasteiger partial charge on any atom is -0.383 e. The number of hydrogen-bond donors (Lipinski definition) is 3. The number of ether oxygens (including phenoxy) is 1. The maximum atomic E-state index is 5.35. The second-order valence-electron chi connectivity index (χ2n) is 4.54. The minimum absolute atomic E-state index is 0.332. The molecule has 0 saturated carbocycles. The Bertz CT molecular complexity index is 400. The number of anilines is 3. The first-order chi connectivity index (χ1) is 9.56. The Hall–Kier alpha value is -1.71. The number of aromatic nitrogens is 3. The van der Waals surface area contributed by atoms with Gasteiger partial charge >= 0.3 is 0 Å². The topological polar surface area (TPSA) is 104 Å². The van der Waals surface area contributed by atoms with Crippen molar-refractivity contribution >= 4 is 17.8 Å². The monoisotopic (exact) mass is 284 g/mol. The van der Waals surface area contributed by atoms with E-state index in [1.54, 1.807) is 12.0 Å². The molecule has 1 aromatic heterocycles. The van der Waals surface area contributed by atoms with Gasteiger partial charge in [0.1, 0.15) is 0 Å². The summed E-state index contributed by atoms with van der Waals surface area (Å²) in [5.41, 5.74) is 2.43. The van der Waals surface area contributed by atoms with E-state index in [1.807, 2.05) is 21.1 Å². The molecule has 1 heterocycles. The van der Waals surface area contributed by atoms with Gasteiger partial charge in [-0.25, -0.2) is 5.84 Å². The fourth-order valence-electron chi connectivity index (χ4n) is 1.43. The second-order valence-corrected chi connectivity index (χ2v) is 4.54. The molecule has 0 amide bonds. The first-order valence-electron chi connectivity index (χ1n) is 6.38. The van der Waals surface area contributed by atoms with Crippen molar-refractivity contribution in [3.8, 4) is 0 Å². The number of methoxy groups -OCH3 is 1. The molecule has 0 aliphatic heterocycles. The summed E-state index contributed by atoms with van der Waals surface area (Å²) in [5.74, 6) is 6.72. The van der Waals surface area contributed by atoms with Crippen LogP contribution in [-0.4, -0.2) is 74.3 Å². The summed E-state index contributed by atoms with van der Waals surface area (Å²) < 4.78 is 5.03. The third-order valence-electron chi connectivity index (χ3n) is 2.61. The molecular formula is C11H24N8O. The number of nitrogen functional groups attached to an aromatic ring is 1. The van der Waals surface area contributed by atoms with Gasteiger partial charge in [0.25, 0.3) is 0 Å². The molecule has 1 aromatic rings. The van der Waals surface area contributed by atoms with Crippen LogP contribution in [0.3, 0.4) is 0 Å². The number of hydrazine groups is 1.